The fraction of sp³-hybridized carbons (Fsp3) is 0.750. The summed E-state index contributed by atoms with van der Waals surface area (Å²) in [7, 11) is -2.21. The maximum atomic E-state index is 11.3. The molecule has 0 heterocycles. The number of rotatable bonds is 5. The number of Topliss-reactive ketones (excluding diaryl/α,β-unsaturated/α-hetero) is 1. The SMILES string of the molecule is CCC(C(=O)CS(C)(=O)=O)C(=O)OC. The molecular formula is C8H14O5S. The van der Waals surface area contributed by atoms with E-state index in [2.05, 4.69) is 4.74 Å². The molecule has 0 saturated carbocycles. The summed E-state index contributed by atoms with van der Waals surface area (Å²) in [6.07, 6.45) is 1.20. The van der Waals surface area contributed by atoms with Crippen molar-refractivity contribution in [2.45, 2.75) is 13.3 Å². The van der Waals surface area contributed by atoms with E-state index < -0.39 is 33.3 Å². The molecule has 0 radical (unpaired) electrons. The van der Waals surface area contributed by atoms with Crippen LogP contribution in [0.1, 0.15) is 13.3 Å². The Hall–Kier alpha value is -0.910. The van der Waals surface area contributed by atoms with Crippen molar-refractivity contribution in [3.8, 4) is 0 Å². The van der Waals surface area contributed by atoms with Gasteiger partial charge in [0.05, 0.1) is 7.11 Å². The monoisotopic (exact) mass is 222 g/mol. The molecule has 5 nitrogen and oxygen atoms in total. The van der Waals surface area contributed by atoms with E-state index >= 15 is 0 Å². The summed E-state index contributed by atoms with van der Waals surface area (Å²) in [6.45, 7) is 1.63. The molecule has 0 aromatic heterocycles. The number of carbonyl (C=O) groups is 2. The van der Waals surface area contributed by atoms with Crippen LogP contribution in [0.25, 0.3) is 0 Å². The van der Waals surface area contributed by atoms with Gasteiger partial charge in [-0.3, -0.25) is 9.59 Å². The quantitative estimate of drug-likeness (QED) is 0.475. The number of methoxy groups -OCH3 is 1. The standard InChI is InChI=1S/C8H14O5S/c1-4-6(8(10)13-2)7(9)5-14(3,11)12/h6H,4-5H2,1-3H3. The molecule has 82 valence electrons. The zero-order chi connectivity index (χ0) is 11.4. The number of ether oxygens (including phenoxy) is 1. The molecule has 0 amide bonds. The fourth-order valence-corrected chi connectivity index (χ4v) is 1.75. The highest BCUT2D eigenvalue weighted by atomic mass is 32.2. The lowest BCUT2D eigenvalue weighted by molar-refractivity contribution is -0.148. The average Bonchev–Trinajstić information content (AvgIpc) is 2.01. The molecule has 1 unspecified atom stereocenters. The van der Waals surface area contributed by atoms with Crippen molar-refractivity contribution in [2.75, 3.05) is 19.1 Å². The fourth-order valence-electron chi connectivity index (χ4n) is 1.03. The summed E-state index contributed by atoms with van der Waals surface area (Å²) in [4.78, 5) is 22.3. The van der Waals surface area contributed by atoms with Gasteiger partial charge in [-0.25, -0.2) is 8.42 Å². The number of ketones is 1. The first-order valence-corrected chi connectivity index (χ1v) is 6.16. The van der Waals surface area contributed by atoms with Crippen LogP contribution in [0, 0.1) is 5.92 Å². The Bertz CT molecular complexity index is 317. The van der Waals surface area contributed by atoms with Crippen LogP contribution in [-0.4, -0.2) is 39.3 Å². The van der Waals surface area contributed by atoms with Crippen LogP contribution in [0.3, 0.4) is 0 Å². The third-order valence-corrected chi connectivity index (χ3v) is 2.50. The number of hydrogen-bond acceptors (Lipinski definition) is 5. The van der Waals surface area contributed by atoms with E-state index in [4.69, 9.17) is 0 Å². The van der Waals surface area contributed by atoms with Crippen LogP contribution in [-0.2, 0) is 24.2 Å². The molecule has 0 aromatic rings. The maximum Gasteiger partial charge on any atom is 0.316 e. The van der Waals surface area contributed by atoms with Crippen molar-refractivity contribution in [3.63, 3.8) is 0 Å². The Morgan fingerprint density at radius 1 is 1.36 bits per heavy atom. The minimum Gasteiger partial charge on any atom is -0.468 e. The zero-order valence-electron chi connectivity index (χ0n) is 8.44. The molecule has 0 aliphatic carbocycles. The van der Waals surface area contributed by atoms with Gasteiger partial charge in [-0.05, 0) is 6.42 Å². The minimum absolute atomic E-state index is 0.251. The smallest absolute Gasteiger partial charge is 0.316 e. The molecule has 1 atom stereocenters. The van der Waals surface area contributed by atoms with Gasteiger partial charge in [0.2, 0.25) is 0 Å². The minimum atomic E-state index is -3.38. The first-order chi connectivity index (χ1) is 6.31. The molecule has 0 aliphatic heterocycles. The van der Waals surface area contributed by atoms with Crippen LogP contribution < -0.4 is 0 Å². The molecule has 14 heavy (non-hydrogen) atoms. The maximum absolute atomic E-state index is 11.3. The van der Waals surface area contributed by atoms with Crippen molar-refractivity contribution < 1.29 is 22.7 Å². The largest absolute Gasteiger partial charge is 0.468 e. The van der Waals surface area contributed by atoms with Gasteiger partial charge < -0.3 is 4.74 Å². The topological polar surface area (TPSA) is 77.5 Å². The third-order valence-electron chi connectivity index (χ3n) is 1.69. The number of carbonyl (C=O) groups excluding carboxylic acids is 2. The molecule has 0 bridgehead atoms. The molecule has 0 aromatic carbocycles. The van der Waals surface area contributed by atoms with Crippen LogP contribution >= 0.6 is 0 Å². The molecule has 0 rings (SSSR count). The predicted molar refractivity (Wildman–Crippen MR) is 50.5 cm³/mol. The van der Waals surface area contributed by atoms with E-state index in [0.717, 1.165) is 6.26 Å². The molecular weight excluding hydrogens is 208 g/mol. The molecule has 6 heteroatoms. The summed E-state index contributed by atoms with van der Waals surface area (Å²) in [5.41, 5.74) is 0. The van der Waals surface area contributed by atoms with Gasteiger partial charge in [-0.2, -0.15) is 0 Å². The molecule has 0 spiro atoms. The molecule has 0 fully saturated rings. The van der Waals surface area contributed by atoms with Crippen molar-refractivity contribution in [1.29, 1.82) is 0 Å². The van der Waals surface area contributed by atoms with Crippen LogP contribution in [0.15, 0.2) is 0 Å². The van der Waals surface area contributed by atoms with Crippen molar-refractivity contribution in [3.05, 3.63) is 0 Å². The number of hydrogen-bond donors (Lipinski definition) is 0. The predicted octanol–water partition coefficient (Wildman–Crippen LogP) is -0.201. The van der Waals surface area contributed by atoms with Gasteiger partial charge in [-0.1, -0.05) is 6.92 Å². The summed E-state index contributed by atoms with van der Waals surface area (Å²) in [5.74, 6) is -2.86. The lowest BCUT2D eigenvalue weighted by Crippen LogP contribution is -2.29. The van der Waals surface area contributed by atoms with E-state index in [-0.39, 0.29) is 6.42 Å². The zero-order valence-corrected chi connectivity index (χ0v) is 9.26. The van der Waals surface area contributed by atoms with Gasteiger partial charge in [0.1, 0.15) is 11.7 Å². The summed E-state index contributed by atoms with van der Waals surface area (Å²) in [5, 5.41) is 0. The van der Waals surface area contributed by atoms with Crippen molar-refractivity contribution in [1.82, 2.24) is 0 Å². The Morgan fingerprint density at radius 2 is 1.86 bits per heavy atom. The Kier molecular flexibility index (Phi) is 4.76. The van der Waals surface area contributed by atoms with E-state index in [1.165, 1.54) is 7.11 Å². The van der Waals surface area contributed by atoms with Crippen LogP contribution in [0.2, 0.25) is 0 Å². The second-order valence-corrected chi connectivity index (χ2v) is 5.16. The lowest BCUT2D eigenvalue weighted by Gasteiger charge is -2.09. The lowest BCUT2D eigenvalue weighted by atomic mass is 10.0. The van der Waals surface area contributed by atoms with Gasteiger partial charge in [0.15, 0.2) is 15.6 Å². The highest BCUT2D eigenvalue weighted by molar-refractivity contribution is 7.91. The Balaban J connectivity index is 4.56. The van der Waals surface area contributed by atoms with E-state index in [9.17, 15) is 18.0 Å². The Morgan fingerprint density at radius 3 is 2.14 bits per heavy atom. The van der Waals surface area contributed by atoms with E-state index in [1.807, 2.05) is 0 Å². The highest BCUT2D eigenvalue weighted by Crippen LogP contribution is 2.07. The van der Waals surface area contributed by atoms with Gasteiger partial charge >= 0.3 is 5.97 Å². The van der Waals surface area contributed by atoms with Crippen molar-refractivity contribution >= 4 is 21.6 Å². The highest BCUT2D eigenvalue weighted by Gasteiger charge is 2.27. The second kappa shape index (κ2) is 5.09. The number of sulfone groups is 1. The van der Waals surface area contributed by atoms with Crippen LogP contribution in [0.5, 0.6) is 0 Å². The molecule has 0 saturated heterocycles. The summed E-state index contributed by atoms with van der Waals surface area (Å²) in [6, 6.07) is 0. The summed E-state index contributed by atoms with van der Waals surface area (Å²) >= 11 is 0. The third kappa shape index (κ3) is 4.36. The van der Waals surface area contributed by atoms with E-state index in [0.29, 0.717) is 0 Å². The number of esters is 1. The first kappa shape index (κ1) is 13.1. The normalized spacial score (nSPS) is 13.4. The van der Waals surface area contributed by atoms with Gasteiger partial charge in [-0.15, -0.1) is 0 Å². The Labute approximate surface area is 83.4 Å². The molecule has 0 aliphatic rings. The van der Waals surface area contributed by atoms with Gasteiger partial charge in [0.25, 0.3) is 0 Å². The first-order valence-electron chi connectivity index (χ1n) is 4.10. The van der Waals surface area contributed by atoms with Gasteiger partial charge in [0, 0.05) is 6.26 Å². The van der Waals surface area contributed by atoms with E-state index in [1.54, 1.807) is 6.92 Å². The second-order valence-electron chi connectivity index (χ2n) is 3.02. The molecule has 0 N–H and O–H groups in total. The van der Waals surface area contributed by atoms with Crippen molar-refractivity contribution in [2.24, 2.45) is 5.92 Å². The van der Waals surface area contributed by atoms with Crippen LogP contribution in [0.4, 0.5) is 0 Å². The average molecular weight is 222 g/mol. The summed E-state index contributed by atoms with van der Waals surface area (Å²) < 4.78 is 26.0.